The molecule has 1 aliphatic heterocycles. The summed E-state index contributed by atoms with van der Waals surface area (Å²) in [7, 11) is -0.348. The summed E-state index contributed by atoms with van der Waals surface area (Å²) in [6.45, 7) is 8.34. The molecule has 0 aliphatic carbocycles. The van der Waals surface area contributed by atoms with Crippen LogP contribution in [-0.2, 0) is 9.31 Å². The summed E-state index contributed by atoms with van der Waals surface area (Å²) < 4.78 is 12.5. The monoisotopic (exact) mass is 356 g/mol. The number of hydrogen-bond acceptors (Lipinski definition) is 2. The minimum absolute atomic E-state index is 0.338. The van der Waals surface area contributed by atoms with Gasteiger partial charge in [0.1, 0.15) is 0 Å². The molecule has 136 valence electrons. The third-order valence-corrected chi connectivity index (χ3v) is 5.73. The highest BCUT2D eigenvalue weighted by Crippen LogP contribution is 2.37. The predicted molar refractivity (Wildman–Crippen MR) is 113 cm³/mol. The first-order chi connectivity index (χ1) is 12.9. The van der Waals surface area contributed by atoms with E-state index in [9.17, 15) is 0 Å². The molecule has 1 fully saturated rings. The van der Waals surface area contributed by atoms with E-state index in [0.717, 1.165) is 5.46 Å². The van der Waals surface area contributed by atoms with Crippen LogP contribution in [-0.4, -0.2) is 18.3 Å². The maximum atomic E-state index is 6.23. The van der Waals surface area contributed by atoms with Crippen LogP contribution in [0.2, 0.25) is 0 Å². The van der Waals surface area contributed by atoms with Crippen LogP contribution in [0.1, 0.15) is 27.7 Å². The van der Waals surface area contributed by atoms with Crippen molar-refractivity contribution >= 4 is 12.6 Å². The molecule has 0 saturated carbocycles. The van der Waals surface area contributed by atoms with Gasteiger partial charge >= 0.3 is 7.12 Å². The van der Waals surface area contributed by atoms with Crippen molar-refractivity contribution in [1.29, 1.82) is 0 Å². The van der Waals surface area contributed by atoms with Crippen LogP contribution in [0.3, 0.4) is 0 Å². The topological polar surface area (TPSA) is 18.5 Å². The van der Waals surface area contributed by atoms with Crippen molar-refractivity contribution < 1.29 is 9.31 Å². The average Bonchev–Trinajstić information content (AvgIpc) is 2.90. The zero-order valence-corrected chi connectivity index (χ0v) is 16.4. The van der Waals surface area contributed by atoms with E-state index < -0.39 is 0 Å². The molecule has 27 heavy (non-hydrogen) atoms. The van der Waals surface area contributed by atoms with Crippen LogP contribution in [0.5, 0.6) is 0 Å². The van der Waals surface area contributed by atoms with E-state index in [1.807, 2.05) is 6.07 Å². The summed E-state index contributed by atoms with van der Waals surface area (Å²) in [5, 5.41) is 0. The normalized spacial score (nSPS) is 17.9. The van der Waals surface area contributed by atoms with E-state index in [1.54, 1.807) is 0 Å². The molecule has 0 amide bonds. The molecule has 3 heteroatoms. The van der Waals surface area contributed by atoms with Crippen molar-refractivity contribution in [2.75, 3.05) is 0 Å². The molecule has 0 atom stereocenters. The second-order valence-corrected chi connectivity index (χ2v) is 8.13. The maximum absolute atomic E-state index is 6.23. The zero-order valence-electron chi connectivity index (χ0n) is 16.4. The molecule has 0 unspecified atom stereocenters. The van der Waals surface area contributed by atoms with Crippen LogP contribution in [0.15, 0.2) is 78.9 Å². The lowest BCUT2D eigenvalue weighted by atomic mass is 9.77. The Morgan fingerprint density at radius 3 is 1.74 bits per heavy atom. The molecule has 1 saturated heterocycles. The third kappa shape index (κ3) is 3.33. The van der Waals surface area contributed by atoms with Crippen molar-refractivity contribution in [3.63, 3.8) is 0 Å². The van der Waals surface area contributed by atoms with Gasteiger partial charge in [0, 0.05) is 0 Å². The molecule has 1 aliphatic rings. The Labute approximate surface area is 162 Å². The Morgan fingerprint density at radius 1 is 0.593 bits per heavy atom. The van der Waals surface area contributed by atoms with Crippen LogP contribution < -0.4 is 5.46 Å². The highest BCUT2D eigenvalue weighted by molar-refractivity contribution is 6.62. The second kappa shape index (κ2) is 6.67. The molecular formula is C24H25BO2. The van der Waals surface area contributed by atoms with E-state index in [1.165, 1.54) is 22.3 Å². The summed E-state index contributed by atoms with van der Waals surface area (Å²) in [5.74, 6) is 0. The van der Waals surface area contributed by atoms with E-state index >= 15 is 0 Å². The van der Waals surface area contributed by atoms with Gasteiger partial charge in [0.25, 0.3) is 0 Å². The first-order valence-electron chi connectivity index (χ1n) is 9.48. The van der Waals surface area contributed by atoms with Gasteiger partial charge in [0.2, 0.25) is 0 Å². The average molecular weight is 356 g/mol. The van der Waals surface area contributed by atoms with E-state index in [4.69, 9.17) is 9.31 Å². The van der Waals surface area contributed by atoms with Crippen molar-refractivity contribution in [3.05, 3.63) is 78.9 Å². The van der Waals surface area contributed by atoms with Gasteiger partial charge in [0.05, 0.1) is 11.2 Å². The third-order valence-electron chi connectivity index (χ3n) is 5.73. The van der Waals surface area contributed by atoms with Crippen molar-refractivity contribution in [1.82, 2.24) is 0 Å². The predicted octanol–water partition coefficient (Wildman–Crippen LogP) is 5.32. The number of rotatable bonds is 3. The minimum atomic E-state index is -0.348. The summed E-state index contributed by atoms with van der Waals surface area (Å²) in [5.41, 5.74) is 5.20. The Bertz CT molecular complexity index is 931. The van der Waals surface area contributed by atoms with Gasteiger partial charge in [0.15, 0.2) is 0 Å². The summed E-state index contributed by atoms with van der Waals surface area (Å²) in [4.78, 5) is 0. The van der Waals surface area contributed by atoms with E-state index in [2.05, 4.69) is 100 Å². The highest BCUT2D eigenvalue weighted by atomic mass is 16.7. The Hall–Kier alpha value is -2.36. The largest absolute Gasteiger partial charge is 0.494 e. The molecule has 0 spiro atoms. The fourth-order valence-electron chi connectivity index (χ4n) is 3.44. The molecule has 0 radical (unpaired) electrons. The van der Waals surface area contributed by atoms with Gasteiger partial charge in [-0.3, -0.25) is 0 Å². The smallest absolute Gasteiger partial charge is 0.399 e. The standard InChI is InChI=1S/C24H25BO2/c1-23(2)24(3,4)27-25(26-23)20-14-10-13-19(17-20)22-16-9-8-15-21(22)18-11-6-5-7-12-18/h5-17H,1-4H3. The summed E-state index contributed by atoms with van der Waals surface area (Å²) in [6.07, 6.45) is 0. The molecule has 2 nitrogen and oxygen atoms in total. The van der Waals surface area contributed by atoms with Gasteiger partial charge in [-0.15, -0.1) is 0 Å². The first-order valence-corrected chi connectivity index (χ1v) is 9.48. The van der Waals surface area contributed by atoms with Crippen molar-refractivity contribution in [3.8, 4) is 22.3 Å². The Kier molecular flexibility index (Phi) is 4.45. The second-order valence-electron chi connectivity index (χ2n) is 8.13. The Morgan fingerprint density at radius 2 is 1.11 bits per heavy atom. The zero-order chi connectivity index (χ0) is 19.1. The fraction of sp³-hybridized carbons (Fsp3) is 0.250. The van der Waals surface area contributed by atoms with Gasteiger partial charge in [-0.2, -0.15) is 0 Å². The van der Waals surface area contributed by atoms with E-state index in [0.29, 0.717) is 0 Å². The molecular weight excluding hydrogens is 331 g/mol. The highest BCUT2D eigenvalue weighted by Gasteiger charge is 2.51. The van der Waals surface area contributed by atoms with Crippen LogP contribution in [0, 0.1) is 0 Å². The fourth-order valence-corrected chi connectivity index (χ4v) is 3.44. The molecule has 0 aromatic heterocycles. The maximum Gasteiger partial charge on any atom is 0.494 e. The van der Waals surface area contributed by atoms with Gasteiger partial charge in [-0.25, -0.2) is 0 Å². The van der Waals surface area contributed by atoms with Crippen LogP contribution >= 0.6 is 0 Å². The van der Waals surface area contributed by atoms with Gasteiger partial charge in [-0.1, -0.05) is 78.9 Å². The quantitative estimate of drug-likeness (QED) is 0.592. The molecule has 0 bridgehead atoms. The molecule has 3 aromatic carbocycles. The summed E-state index contributed by atoms with van der Waals surface area (Å²) in [6, 6.07) is 27.5. The lowest BCUT2D eigenvalue weighted by Crippen LogP contribution is -2.41. The first kappa shape index (κ1) is 18.0. The number of hydrogen-bond donors (Lipinski definition) is 0. The Balaban J connectivity index is 1.73. The van der Waals surface area contributed by atoms with Crippen molar-refractivity contribution in [2.24, 2.45) is 0 Å². The van der Waals surface area contributed by atoms with Gasteiger partial charge < -0.3 is 9.31 Å². The lowest BCUT2D eigenvalue weighted by molar-refractivity contribution is 0.00578. The molecule has 3 aromatic rings. The van der Waals surface area contributed by atoms with Gasteiger partial charge in [-0.05, 0) is 55.4 Å². The number of benzene rings is 3. The van der Waals surface area contributed by atoms with Crippen LogP contribution in [0.25, 0.3) is 22.3 Å². The van der Waals surface area contributed by atoms with Crippen molar-refractivity contribution in [2.45, 2.75) is 38.9 Å². The summed E-state index contributed by atoms with van der Waals surface area (Å²) >= 11 is 0. The van der Waals surface area contributed by atoms with Crippen LogP contribution in [0.4, 0.5) is 0 Å². The molecule has 0 N–H and O–H groups in total. The molecule has 1 heterocycles. The minimum Gasteiger partial charge on any atom is -0.399 e. The lowest BCUT2D eigenvalue weighted by Gasteiger charge is -2.32. The molecule has 4 rings (SSSR count). The SMILES string of the molecule is CC1(C)OB(c2cccc(-c3ccccc3-c3ccccc3)c2)OC1(C)C. The van der Waals surface area contributed by atoms with E-state index in [-0.39, 0.29) is 18.3 Å².